The molecule has 0 fully saturated rings. The summed E-state index contributed by atoms with van der Waals surface area (Å²) in [6, 6.07) is 1.69. The van der Waals surface area contributed by atoms with E-state index in [9.17, 15) is 9.90 Å². The summed E-state index contributed by atoms with van der Waals surface area (Å²) in [5.74, 6) is 0.562. The first-order valence-electron chi connectivity index (χ1n) is 7.55. The summed E-state index contributed by atoms with van der Waals surface area (Å²) in [5.41, 5.74) is 1.94. The third-order valence-corrected chi connectivity index (χ3v) is 3.41. The van der Waals surface area contributed by atoms with E-state index in [1.807, 2.05) is 27.7 Å². The van der Waals surface area contributed by atoms with Crippen molar-refractivity contribution in [2.45, 2.75) is 46.5 Å². The highest BCUT2D eigenvalue weighted by molar-refractivity contribution is 5.97. The molecule has 7 nitrogen and oxygen atoms in total. The smallest absolute Gasteiger partial charge is 0.220 e. The van der Waals surface area contributed by atoms with Gasteiger partial charge < -0.3 is 10.2 Å². The molecule has 0 saturated carbocycles. The fourth-order valence-corrected chi connectivity index (χ4v) is 2.04. The molecule has 0 aromatic carbocycles. The van der Waals surface area contributed by atoms with Crippen LogP contribution in [0.1, 0.15) is 68.2 Å². The molecule has 128 valence electrons. The molecule has 0 aliphatic rings. The lowest BCUT2D eigenvalue weighted by Crippen LogP contribution is -1.98. The van der Waals surface area contributed by atoms with Crippen LogP contribution in [0.15, 0.2) is 6.07 Å². The van der Waals surface area contributed by atoms with E-state index in [1.54, 1.807) is 20.2 Å². The first-order chi connectivity index (χ1) is 10.6. The molecule has 7 heteroatoms. The number of aryl methyl sites for hydroxylation is 2. The minimum atomic E-state index is -0.144. The zero-order chi connectivity index (χ0) is 17.9. The second-order valence-electron chi connectivity index (χ2n) is 6.12. The molecule has 0 unspecified atom stereocenters. The molecule has 2 aromatic rings. The first-order valence-corrected chi connectivity index (χ1v) is 7.55. The lowest BCUT2D eigenvalue weighted by Gasteiger charge is -2.00. The van der Waals surface area contributed by atoms with Crippen LogP contribution in [0.2, 0.25) is 0 Å². The summed E-state index contributed by atoms with van der Waals surface area (Å²) in [7, 11) is 3.34. The highest BCUT2D eigenvalue weighted by atomic mass is 16.3. The predicted molar refractivity (Wildman–Crippen MR) is 87.9 cm³/mol. The summed E-state index contributed by atoms with van der Waals surface area (Å²) >= 11 is 0. The molecule has 2 rings (SSSR count). The molecule has 0 aliphatic carbocycles. The van der Waals surface area contributed by atoms with Crippen molar-refractivity contribution in [3.63, 3.8) is 0 Å². The summed E-state index contributed by atoms with van der Waals surface area (Å²) in [6.07, 6.45) is 0. The molecule has 0 aliphatic heterocycles. The molecule has 0 spiro atoms. The summed E-state index contributed by atoms with van der Waals surface area (Å²) < 4.78 is 2.79. The van der Waals surface area contributed by atoms with Gasteiger partial charge in [-0.3, -0.25) is 4.79 Å². The Morgan fingerprint density at radius 2 is 1.61 bits per heavy atom. The van der Waals surface area contributed by atoms with Crippen molar-refractivity contribution in [2.24, 2.45) is 14.1 Å². The number of carbonyl (C=O) groups is 1. The van der Waals surface area contributed by atoms with E-state index in [-0.39, 0.29) is 23.5 Å². The molecule has 0 saturated heterocycles. The zero-order valence-electron chi connectivity index (χ0n) is 14.8. The van der Waals surface area contributed by atoms with Crippen molar-refractivity contribution in [1.29, 1.82) is 0 Å². The van der Waals surface area contributed by atoms with Crippen molar-refractivity contribution < 1.29 is 15.0 Å². The molecule has 0 amide bonds. The molecule has 0 atom stereocenters. The van der Waals surface area contributed by atoms with Gasteiger partial charge in [0.2, 0.25) is 11.8 Å². The van der Waals surface area contributed by atoms with Gasteiger partial charge in [0.15, 0.2) is 5.78 Å². The lowest BCUT2D eigenvalue weighted by molar-refractivity contribution is 0.101. The molecule has 23 heavy (non-hydrogen) atoms. The monoisotopic (exact) mass is 322 g/mol. The van der Waals surface area contributed by atoms with Crippen LogP contribution < -0.4 is 0 Å². The largest absolute Gasteiger partial charge is 0.493 e. The predicted octanol–water partition coefficient (Wildman–Crippen LogP) is 2.70. The van der Waals surface area contributed by atoms with Gasteiger partial charge in [0.25, 0.3) is 0 Å². The Balaban J connectivity index is 0.000000238. The number of ketones is 1. The van der Waals surface area contributed by atoms with Gasteiger partial charge in [-0.05, 0) is 18.8 Å². The van der Waals surface area contributed by atoms with Crippen LogP contribution >= 0.6 is 0 Å². The van der Waals surface area contributed by atoms with Crippen molar-refractivity contribution in [1.82, 2.24) is 19.6 Å². The Morgan fingerprint density at radius 1 is 1.04 bits per heavy atom. The molecular formula is C16H26N4O3. The molecule has 0 radical (unpaired) electrons. The number of aromatic hydroxyl groups is 2. The number of aromatic nitrogens is 4. The summed E-state index contributed by atoms with van der Waals surface area (Å²) in [4.78, 5) is 11.2. The standard InChI is InChI=1S/C9H14N2O2.C7H12N2O/c1-5(2)8-7(6(3)12)9(13)11(4)10-8;1-5(2)6-4-7(10)9(3)8-6/h5,13H,1-4H3;4-5,10H,1-3H3. The van der Waals surface area contributed by atoms with E-state index in [0.717, 1.165) is 5.69 Å². The van der Waals surface area contributed by atoms with Crippen LogP contribution in [-0.4, -0.2) is 35.6 Å². The minimum Gasteiger partial charge on any atom is -0.493 e. The van der Waals surface area contributed by atoms with Gasteiger partial charge in [0.1, 0.15) is 5.56 Å². The SMILES string of the molecule is CC(=O)c1c(C(C)C)nn(C)c1O.CC(C)c1cc(O)n(C)n1. The maximum Gasteiger partial charge on any atom is 0.220 e. The van der Waals surface area contributed by atoms with Crippen LogP contribution in [0.4, 0.5) is 0 Å². The first kappa shape index (κ1) is 18.7. The van der Waals surface area contributed by atoms with Crippen molar-refractivity contribution in [3.05, 3.63) is 23.0 Å². The Hall–Kier alpha value is -2.31. The maximum absolute atomic E-state index is 11.2. The van der Waals surface area contributed by atoms with Crippen molar-refractivity contribution in [2.75, 3.05) is 0 Å². The van der Waals surface area contributed by atoms with Gasteiger partial charge in [-0.1, -0.05) is 27.7 Å². The van der Waals surface area contributed by atoms with Gasteiger partial charge >= 0.3 is 0 Å². The fourth-order valence-electron chi connectivity index (χ4n) is 2.04. The van der Waals surface area contributed by atoms with Crippen LogP contribution in [0, 0.1) is 0 Å². The second kappa shape index (κ2) is 7.30. The quantitative estimate of drug-likeness (QED) is 0.847. The average molecular weight is 322 g/mol. The highest BCUT2D eigenvalue weighted by Gasteiger charge is 2.20. The molecule has 2 heterocycles. The van der Waals surface area contributed by atoms with Crippen molar-refractivity contribution in [3.8, 4) is 11.8 Å². The maximum atomic E-state index is 11.2. The molecular weight excluding hydrogens is 296 g/mol. The van der Waals surface area contributed by atoms with Gasteiger partial charge in [-0.25, -0.2) is 9.36 Å². The van der Waals surface area contributed by atoms with E-state index in [2.05, 4.69) is 10.2 Å². The number of nitrogens with zero attached hydrogens (tertiary/aromatic N) is 4. The summed E-state index contributed by atoms with van der Waals surface area (Å²) in [6.45, 7) is 9.40. The summed E-state index contributed by atoms with van der Waals surface area (Å²) in [5, 5.41) is 26.8. The third kappa shape index (κ3) is 4.34. The second-order valence-corrected chi connectivity index (χ2v) is 6.12. The molecule has 2 N–H and O–H groups in total. The van der Waals surface area contributed by atoms with Crippen molar-refractivity contribution >= 4 is 5.78 Å². The van der Waals surface area contributed by atoms with Gasteiger partial charge in [0, 0.05) is 20.2 Å². The van der Waals surface area contributed by atoms with E-state index >= 15 is 0 Å². The zero-order valence-corrected chi connectivity index (χ0v) is 14.8. The van der Waals surface area contributed by atoms with E-state index in [0.29, 0.717) is 17.2 Å². The van der Waals surface area contributed by atoms with E-state index < -0.39 is 0 Å². The van der Waals surface area contributed by atoms with E-state index in [4.69, 9.17) is 5.11 Å². The van der Waals surface area contributed by atoms with Gasteiger partial charge in [-0.15, -0.1) is 0 Å². The van der Waals surface area contributed by atoms with Crippen LogP contribution in [0.25, 0.3) is 0 Å². The topological polar surface area (TPSA) is 93.2 Å². The van der Waals surface area contributed by atoms with Crippen LogP contribution in [0.5, 0.6) is 11.8 Å². The molecule has 2 aromatic heterocycles. The Labute approximate surface area is 136 Å². The minimum absolute atomic E-state index is 0.0452. The highest BCUT2D eigenvalue weighted by Crippen LogP contribution is 2.26. The Bertz CT molecular complexity index is 664. The van der Waals surface area contributed by atoms with Crippen LogP contribution in [0.3, 0.4) is 0 Å². The average Bonchev–Trinajstić information content (AvgIpc) is 2.92. The fraction of sp³-hybridized carbons (Fsp3) is 0.562. The number of carbonyl (C=O) groups excluding carboxylic acids is 1. The number of hydrogen-bond donors (Lipinski definition) is 2. The van der Waals surface area contributed by atoms with Gasteiger partial charge in [-0.2, -0.15) is 10.2 Å². The van der Waals surface area contributed by atoms with Crippen LogP contribution in [-0.2, 0) is 14.1 Å². The Kier molecular flexibility index (Phi) is 5.95. The number of Topliss-reactive ketones (excluding diaryl/α,β-unsaturated/α-hetero) is 1. The number of rotatable bonds is 3. The van der Waals surface area contributed by atoms with E-state index in [1.165, 1.54) is 16.3 Å². The molecule has 0 bridgehead atoms. The normalized spacial score (nSPS) is 10.8. The third-order valence-electron chi connectivity index (χ3n) is 3.41. The lowest BCUT2D eigenvalue weighted by atomic mass is 10.0. The number of hydrogen-bond acceptors (Lipinski definition) is 5. The van der Waals surface area contributed by atoms with Gasteiger partial charge in [0.05, 0.1) is 11.4 Å². The Morgan fingerprint density at radius 3 is 1.87 bits per heavy atom.